The standard InChI is InChI=1S/C19H17BrF4N4O/c1-9(11-4-3-5-12(15(11)22)16(23)24)25-17-13-8-14(20)19(29-7-6-21)28-18(13)27-10(2)26-17/h3-5,8-9,16H,6-7H2,1-2H3,(H,25,26,27,28)/t9-/m1/s1. The molecular formula is C19H17BrF4N4O. The van der Waals surface area contributed by atoms with Gasteiger partial charge in [0.2, 0.25) is 5.88 Å². The summed E-state index contributed by atoms with van der Waals surface area (Å²) in [6.45, 7) is 2.48. The second-order valence-electron chi connectivity index (χ2n) is 6.22. The maximum absolute atomic E-state index is 14.5. The molecule has 1 aromatic carbocycles. The second-order valence-corrected chi connectivity index (χ2v) is 7.07. The molecule has 1 N–H and O–H groups in total. The number of alkyl halides is 3. The molecule has 0 radical (unpaired) electrons. The highest BCUT2D eigenvalue weighted by Gasteiger charge is 2.21. The molecule has 0 fully saturated rings. The first-order chi connectivity index (χ1) is 13.8. The monoisotopic (exact) mass is 472 g/mol. The summed E-state index contributed by atoms with van der Waals surface area (Å²) in [4.78, 5) is 12.9. The van der Waals surface area contributed by atoms with Gasteiger partial charge in [-0.25, -0.2) is 27.5 Å². The quantitative estimate of drug-likeness (QED) is 0.447. The van der Waals surface area contributed by atoms with Gasteiger partial charge in [0.1, 0.15) is 30.7 Å². The van der Waals surface area contributed by atoms with E-state index in [1.807, 2.05) is 0 Å². The third-order valence-electron chi connectivity index (χ3n) is 4.15. The van der Waals surface area contributed by atoms with Crippen molar-refractivity contribution >= 4 is 32.8 Å². The predicted octanol–water partition coefficient (Wildman–Crippen LogP) is 5.69. The summed E-state index contributed by atoms with van der Waals surface area (Å²) in [6, 6.07) is 4.87. The van der Waals surface area contributed by atoms with E-state index in [9.17, 15) is 17.6 Å². The van der Waals surface area contributed by atoms with Crippen molar-refractivity contribution in [2.24, 2.45) is 0 Å². The minimum atomic E-state index is -2.91. The van der Waals surface area contributed by atoms with Crippen molar-refractivity contribution in [2.75, 3.05) is 18.6 Å². The number of nitrogens with one attached hydrogen (secondary N) is 1. The van der Waals surface area contributed by atoms with Gasteiger partial charge in [-0.2, -0.15) is 4.98 Å². The Hall–Kier alpha value is -2.49. The van der Waals surface area contributed by atoms with E-state index in [0.29, 0.717) is 27.1 Å². The third kappa shape index (κ3) is 4.58. The molecule has 29 heavy (non-hydrogen) atoms. The van der Waals surface area contributed by atoms with Gasteiger partial charge in [0.15, 0.2) is 5.65 Å². The lowest BCUT2D eigenvalue weighted by atomic mass is 10.0. The summed E-state index contributed by atoms with van der Waals surface area (Å²) >= 11 is 3.31. The van der Waals surface area contributed by atoms with Crippen LogP contribution in [-0.2, 0) is 0 Å². The number of nitrogens with zero attached hydrogens (tertiary/aromatic N) is 3. The smallest absolute Gasteiger partial charge is 0.266 e. The summed E-state index contributed by atoms with van der Waals surface area (Å²) in [5.74, 6) is -0.0333. The van der Waals surface area contributed by atoms with Crippen LogP contribution in [0.15, 0.2) is 28.7 Å². The molecule has 3 aromatic rings. The van der Waals surface area contributed by atoms with E-state index in [-0.39, 0.29) is 18.1 Å². The average Bonchev–Trinajstić information content (AvgIpc) is 2.66. The van der Waals surface area contributed by atoms with Crippen molar-refractivity contribution < 1.29 is 22.3 Å². The van der Waals surface area contributed by atoms with Crippen LogP contribution in [-0.4, -0.2) is 28.2 Å². The van der Waals surface area contributed by atoms with Gasteiger partial charge in [0.25, 0.3) is 6.43 Å². The molecule has 5 nitrogen and oxygen atoms in total. The highest BCUT2D eigenvalue weighted by atomic mass is 79.9. The Kier molecular flexibility index (Phi) is 6.51. The Bertz CT molecular complexity index is 1030. The number of halogens is 5. The van der Waals surface area contributed by atoms with E-state index in [4.69, 9.17) is 4.74 Å². The maximum atomic E-state index is 14.5. The van der Waals surface area contributed by atoms with Gasteiger partial charge in [-0.05, 0) is 35.8 Å². The van der Waals surface area contributed by atoms with Crippen LogP contribution < -0.4 is 10.1 Å². The molecule has 0 aliphatic heterocycles. The van der Waals surface area contributed by atoms with Crippen molar-refractivity contribution in [3.63, 3.8) is 0 Å². The van der Waals surface area contributed by atoms with E-state index < -0.39 is 30.5 Å². The predicted molar refractivity (Wildman–Crippen MR) is 105 cm³/mol. The zero-order valence-corrected chi connectivity index (χ0v) is 17.1. The molecule has 0 aliphatic rings. The van der Waals surface area contributed by atoms with Gasteiger partial charge >= 0.3 is 0 Å². The Morgan fingerprint density at radius 2 is 1.90 bits per heavy atom. The number of anilines is 1. The molecule has 0 saturated carbocycles. The van der Waals surface area contributed by atoms with Crippen molar-refractivity contribution in [1.29, 1.82) is 0 Å². The lowest BCUT2D eigenvalue weighted by Gasteiger charge is -2.19. The largest absolute Gasteiger partial charge is 0.474 e. The van der Waals surface area contributed by atoms with Crippen LogP contribution in [0.2, 0.25) is 0 Å². The first kappa shape index (κ1) is 21.2. The molecule has 0 spiro atoms. The molecule has 0 unspecified atom stereocenters. The molecule has 0 bridgehead atoms. The van der Waals surface area contributed by atoms with Crippen molar-refractivity contribution in [3.8, 4) is 5.88 Å². The molecule has 3 rings (SSSR count). The Balaban J connectivity index is 2.00. The van der Waals surface area contributed by atoms with Crippen LogP contribution >= 0.6 is 15.9 Å². The number of aromatic nitrogens is 3. The number of pyridine rings is 1. The Morgan fingerprint density at radius 1 is 1.17 bits per heavy atom. The zero-order valence-electron chi connectivity index (χ0n) is 15.5. The normalized spacial score (nSPS) is 12.4. The number of fused-ring (bicyclic) bond motifs is 1. The molecule has 0 aliphatic carbocycles. The van der Waals surface area contributed by atoms with Gasteiger partial charge < -0.3 is 10.1 Å². The number of benzene rings is 1. The number of hydrogen-bond donors (Lipinski definition) is 1. The van der Waals surface area contributed by atoms with Gasteiger partial charge in [-0.15, -0.1) is 0 Å². The number of hydrogen-bond acceptors (Lipinski definition) is 5. The summed E-state index contributed by atoms with van der Waals surface area (Å²) in [5, 5.41) is 3.55. The first-order valence-electron chi connectivity index (χ1n) is 8.68. The summed E-state index contributed by atoms with van der Waals surface area (Å²) in [6.07, 6.45) is -2.91. The summed E-state index contributed by atoms with van der Waals surface area (Å²) < 4.78 is 58.6. The molecule has 0 saturated heterocycles. The molecule has 10 heteroatoms. The van der Waals surface area contributed by atoms with Crippen molar-refractivity contribution in [2.45, 2.75) is 26.3 Å². The fraction of sp³-hybridized carbons (Fsp3) is 0.316. The fourth-order valence-electron chi connectivity index (χ4n) is 2.82. The van der Waals surface area contributed by atoms with Gasteiger partial charge in [0.05, 0.1) is 21.5 Å². The molecule has 2 heterocycles. The van der Waals surface area contributed by atoms with Crippen molar-refractivity contribution in [1.82, 2.24) is 15.0 Å². The minimum absolute atomic E-state index is 0.0853. The fourth-order valence-corrected chi connectivity index (χ4v) is 3.26. The van der Waals surface area contributed by atoms with E-state index in [1.165, 1.54) is 12.1 Å². The van der Waals surface area contributed by atoms with E-state index in [2.05, 4.69) is 36.2 Å². The van der Waals surface area contributed by atoms with E-state index in [0.717, 1.165) is 6.07 Å². The van der Waals surface area contributed by atoms with Gasteiger partial charge in [0, 0.05) is 5.56 Å². The number of ether oxygens (including phenoxy) is 1. The topological polar surface area (TPSA) is 59.9 Å². The third-order valence-corrected chi connectivity index (χ3v) is 4.72. The van der Waals surface area contributed by atoms with E-state index in [1.54, 1.807) is 19.9 Å². The van der Waals surface area contributed by atoms with Crippen LogP contribution in [0.3, 0.4) is 0 Å². The average molecular weight is 473 g/mol. The minimum Gasteiger partial charge on any atom is -0.474 e. The van der Waals surface area contributed by atoms with Crippen LogP contribution in [0.25, 0.3) is 11.0 Å². The molecule has 0 amide bonds. The Labute approximate surface area is 172 Å². The van der Waals surface area contributed by atoms with Crippen LogP contribution in [0.1, 0.15) is 36.3 Å². The molecule has 1 atom stereocenters. The Morgan fingerprint density at radius 3 is 2.59 bits per heavy atom. The van der Waals surface area contributed by atoms with Gasteiger partial charge in [-0.3, -0.25) is 0 Å². The second kappa shape index (κ2) is 8.89. The van der Waals surface area contributed by atoms with E-state index >= 15 is 0 Å². The van der Waals surface area contributed by atoms with Crippen molar-refractivity contribution in [3.05, 3.63) is 51.5 Å². The maximum Gasteiger partial charge on any atom is 0.266 e. The number of rotatable bonds is 7. The molecular weight excluding hydrogens is 456 g/mol. The lowest BCUT2D eigenvalue weighted by Crippen LogP contribution is -2.12. The summed E-state index contributed by atoms with van der Waals surface area (Å²) in [5.41, 5.74) is -0.271. The first-order valence-corrected chi connectivity index (χ1v) is 9.47. The highest BCUT2D eigenvalue weighted by molar-refractivity contribution is 9.10. The molecule has 154 valence electrons. The van der Waals surface area contributed by atoms with Crippen LogP contribution in [0.5, 0.6) is 5.88 Å². The summed E-state index contributed by atoms with van der Waals surface area (Å²) in [7, 11) is 0. The van der Waals surface area contributed by atoms with Crippen LogP contribution in [0, 0.1) is 12.7 Å². The zero-order chi connectivity index (χ0) is 21.1. The lowest BCUT2D eigenvalue weighted by molar-refractivity contribution is 0.146. The molecule has 2 aromatic heterocycles. The SMILES string of the molecule is Cc1nc(N[C@H](C)c2cccc(C(F)F)c2F)c2cc(Br)c(OCCF)nc2n1. The van der Waals surface area contributed by atoms with Gasteiger partial charge in [-0.1, -0.05) is 18.2 Å². The highest BCUT2D eigenvalue weighted by Crippen LogP contribution is 2.33. The van der Waals surface area contributed by atoms with Crippen LogP contribution in [0.4, 0.5) is 23.4 Å². The number of aryl methyl sites for hydroxylation is 1.